The number of hydrogen-bond donors (Lipinski definition) is 2. The highest BCUT2D eigenvalue weighted by Gasteiger charge is 2.30. The SMILES string of the molecule is C[C@@H](N=C=O)NC(=O)[C@@H](NC(=O)OCC1c2ccccc2-c2ccccc21)c1ccccc1. The van der Waals surface area contributed by atoms with Gasteiger partial charge in [0.25, 0.3) is 0 Å². The number of carbonyl (C=O) groups excluding carboxylic acids is 3. The average molecular weight is 441 g/mol. The Kier molecular flexibility index (Phi) is 6.62. The number of carbonyl (C=O) groups is 2. The summed E-state index contributed by atoms with van der Waals surface area (Å²) < 4.78 is 5.58. The molecule has 0 aromatic heterocycles. The highest BCUT2D eigenvalue weighted by Crippen LogP contribution is 2.44. The predicted molar refractivity (Wildman–Crippen MR) is 123 cm³/mol. The van der Waals surface area contributed by atoms with Gasteiger partial charge in [-0.05, 0) is 34.7 Å². The van der Waals surface area contributed by atoms with Crippen molar-refractivity contribution in [3.8, 4) is 11.1 Å². The Morgan fingerprint density at radius 1 is 0.909 bits per heavy atom. The fourth-order valence-corrected chi connectivity index (χ4v) is 4.10. The summed E-state index contributed by atoms with van der Waals surface area (Å²) in [5.41, 5.74) is 5.04. The van der Waals surface area contributed by atoms with Gasteiger partial charge in [0.05, 0.1) is 0 Å². The zero-order chi connectivity index (χ0) is 23.2. The zero-order valence-corrected chi connectivity index (χ0v) is 18.0. The van der Waals surface area contributed by atoms with Crippen LogP contribution in [0.25, 0.3) is 11.1 Å². The Morgan fingerprint density at radius 3 is 2.09 bits per heavy atom. The summed E-state index contributed by atoms with van der Waals surface area (Å²) in [6.07, 6.45) is -0.0797. The van der Waals surface area contributed by atoms with Crippen molar-refractivity contribution < 1.29 is 19.1 Å². The third-order valence-corrected chi connectivity index (χ3v) is 5.60. The normalized spacial score (nSPS) is 13.6. The molecule has 0 radical (unpaired) electrons. The van der Waals surface area contributed by atoms with Crippen LogP contribution in [-0.2, 0) is 14.3 Å². The maximum atomic E-state index is 12.8. The largest absolute Gasteiger partial charge is 0.449 e. The van der Waals surface area contributed by atoms with Gasteiger partial charge in [0.2, 0.25) is 12.0 Å². The molecule has 0 unspecified atom stereocenters. The number of hydrogen-bond acceptors (Lipinski definition) is 5. The molecule has 7 nitrogen and oxygen atoms in total. The minimum absolute atomic E-state index is 0.0888. The van der Waals surface area contributed by atoms with Crippen molar-refractivity contribution >= 4 is 18.1 Å². The average Bonchev–Trinajstić information content (AvgIpc) is 3.15. The molecule has 0 aliphatic heterocycles. The van der Waals surface area contributed by atoms with Crippen molar-refractivity contribution in [1.29, 1.82) is 0 Å². The van der Waals surface area contributed by atoms with Crippen molar-refractivity contribution in [3.05, 3.63) is 95.6 Å². The number of amides is 2. The lowest BCUT2D eigenvalue weighted by atomic mass is 9.98. The number of fused-ring (bicyclic) bond motifs is 3. The standard InChI is InChI=1S/C26H23N3O4/c1-17(27-16-30)28-25(31)24(18-9-3-2-4-10-18)29-26(32)33-15-23-21-13-7-5-11-19(21)20-12-6-8-14-22(20)23/h2-14,17,23-24H,15H2,1H3,(H,28,31)(H,29,32)/t17-,24-/m0/s1. The number of nitrogens with one attached hydrogen (secondary N) is 2. The van der Waals surface area contributed by atoms with Gasteiger partial charge in [-0.25, -0.2) is 9.59 Å². The lowest BCUT2D eigenvalue weighted by Crippen LogP contribution is -2.43. The third-order valence-electron chi connectivity index (χ3n) is 5.60. The van der Waals surface area contributed by atoms with Crippen LogP contribution in [0.2, 0.25) is 0 Å². The molecule has 0 saturated carbocycles. The van der Waals surface area contributed by atoms with Crippen LogP contribution in [0.15, 0.2) is 83.9 Å². The summed E-state index contributed by atoms with van der Waals surface area (Å²) >= 11 is 0. The lowest BCUT2D eigenvalue weighted by molar-refractivity contribution is -0.123. The molecule has 0 bridgehead atoms. The number of alkyl carbamates (subject to hydrolysis) is 1. The van der Waals surface area contributed by atoms with Gasteiger partial charge in [-0.15, -0.1) is 0 Å². The van der Waals surface area contributed by atoms with Crippen LogP contribution in [-0.4, -0.2) is 30.9 Å². The molecule has 0 spiro atoms. The molecule has 2 N–H and O–H groups in total. The van der Waals surface area contributed by atoms with E-state index in [1.807, 2.05) is 42.5 Å². The van der Waals surface area contributed by atoms with Crippen molar-refractivity contribution in [2.75, 3.05) is 6.61 Å². The molecule has 3 aromatic carbocycles. The van der Waals surface area contributed by atoms with E-state index in [0.29, 0.717) is 5.56 Å². The quantitative estimate of drug-likeness (QED) is 0.427. The van der Waals surface area contributed by atoms with E-state index in [-0.39, 0.29) is 12.5 Å². The van der Waals surface area contributed by atoms with Gasteiger partial charge < -0.3 is 15.4 Å². The van der Waals surface area contributed by atoms with E-state index in [1.165, 1.54) is 13.0 Å². The van der Waals surface area contributed by atoms with Crippen LogP contribution in [0.1, 0.15) is 35.6 Å². The maximum Gasteiger partial charge on any atom is 0.408 e. The molecule has 2 atom stereocenters. The van der Waals surface area contributed by atoms with Gasteiger partial charge in [-0.2, -0.15) is 4.99 Å². The monoisotopic (exact) mass is 441 g/mol. The Hall–Kier alpha value is -4.22. The first kappa shape index (κ1) is 22.0. The first-order valence-electron chi connectivity index (χ1n) is 10.6. The van der Waals surface area contributed by atoms with Crippen molar-refractivity contribution in [1.82, 2.24) is 10.6 Å². The Bertz CT molecular complexity index is 1160. The molecule has 0 saturated heterocycles. The van der Waals surface area contributed by atoms with Gasteiger partial charge in [-0.3, -0.25) is 4.79 Å². The molecular weight excluding hydrogens is 418 g/mol. The van der Waals surface area contributed by atoms with E-state index in [9.17, 15) is 14.4 Å². The summed E-state index contributed by atoms with van der Waals surface area (Å²) in [5.74, 6) is -0.602. The maximum absolute atomic E-state index is 12.8. The molecule has 1 aliphatic carbocycles. The molecule has 7 heteroatoms. The summed E-state index contributed by atoms with van der Waals surface area (Å²) in [5, 5.41) is 5.21. The molecule has 166 valence electrons. The first-order valence-corrected chi connectivity index (χ1v) is 10.6. The Balaban J connectivity index is 1.48. The van der Waals surface area contributed by atoms with Gasteiger partial charge in [0, 0.05) is 5.92 Å². The summed E-state index contributed by atoms with van der Waals surface area (Å²) in [6.45, 7) is 1.67. The second-order valence-electron chi connectivity index (χ2n) is 7.72. The van der Waals surface area contributed by atoms with Crippen LogP contribution < -0.4 is 10.6 Å². The van der Waals surface area contributed by atoms with Crippen LogP contribution in [0.3, 0.4) is 0 Å². The molecule has 0 heterocycles. The van der Waals surface area contributed by atoms with Crippen LogP contribution in [0.5, 0.6) is 0 Å². The molecular formula is C26H23N3O4. The van der Waals surface area contributed by atoms with Crippen molar-refractivity contribution in [3.63, 3.8) is 0 Å². The fraction of sp³-hybridized carbons (Fsp3) is 0.192. The second kappa shape index (κ2) is 9.94. The number of benzene rings is 3. The minimum atomic E-state index is -1.01. The Labute approximate surface area is 191 Å². The lowest BCUT2D eigenvalue weighted by Gasteiger charge is -2.21. The molecule has 2 amide bonds. The summed E-state index contributed by atoms with van der Waals surface area (Å²) in [4.78, 5) is 39.4. The van der Waals surface area contributed by atoms with E-state index >= 15 is 0 Å². The molecule has 1 aliphatic rings. The van der Waals surface area contributed by atoms with E-state index in [0.717, 1.165) is 22.3 Å². The van der Waals surface area contributed by atoms with E-state index < -0.39 is 24.2 Å². The van der Waals surface area contributed by atoms with E-state index in [4.69, 9.17) is 4.74 Å². The van der Waals surface area contributed by atoms with E-state index in [2.05, 4.69) is 27.8 Å². The number of ether oxygens (including phenoxy) is 1. The second-order valence-corrected chi connectivity index (χ2v) is 7.72. The fourth-order valence-electron chi connectivity index (χ4n) is 4.10. The third kappa shape index (κ3) is 4.84. The summed E-state index contributed by atoms with van der Waals surface area (Å²) in [7, 11) is 0. The van der Waals surface area contributed by atoms with E-state index in [1.54, 1.807) is 24.3 Å². The number of aliphatic imine (C=N–C) groups is 1. The Morgan fingerprint density at radius 2 is 1.48 bits per heavy atom. The first-order chi connectivity index (χ1) is 16.1. The van der Waals surface area contributed by atoms with Crippen molar-refractivity contribution in [2.45, 2.75) is 25.0 Å². The van der Waals surface area contributed by atoms with Gasteiger partial charge in [-0.1, -0.05) is 78.9 Å². The highest BCUT2D eigenvalue weighted by molar-refractivity contribution is 5.87. The minimum Gasteiger partial charge on any atom is -0.449 e. The van der Waals surface area contributed by atoms with Gasteiger partial charge >= 0.3 is 6.09 Å². The molecule has 4 rings (SSSR count). The van der Waals surface area contributed by atoms with Crippen LogP contribution in [0, 0.1) is 0 Å². The molecule has 3 aromatic rings. The predicted octanol–water partition coefficient (Wildman–Crippen LogP) is 4.06. The smallest absolute Gasteiger partial charge is 0.408 e. The molecule has 0 fully saturated rings. The van der Waals surface area contributed by atoms with Gasteiger partial charge in [0.1, 0.15) is 18.8 Å². The number of rotatable bonds is 7. The number of nitrogens with zero attached hydrogens (tertiary/aromatic N) is 1. The topological polar surface area (TPSA) is 96.9 Å². The molecule has 33 heavy (non-hydrogen) atoms. The zero-order valence-electron chi connectivity index (χ0n) is 18.0. The number of isocyanates is 1. The van der Waals surface area contributed by atoms with Crippen LogP contribution in [0.4, 0.5) is 4.79 Å². The summed E-state index contributed by atoms with van der Waals surface area (Å²) in [6, 6.07) is 23.9. The van der Waals surface area contributed by atoms with Crippen molar-refractivity contribution in [2.24, 2.45) is 4.99 Å². The highest BCUT2D eigenvalue weighted by atomic mass is 16.5. The van der Waals surface area contributed by atoms with Crippen LogP contribution >= 0.6 is 0 Å². The van der Waals surface area contributed by atoms with Gasteiger partial charge in [0.15, 0.2) is 0 Å².